The van der Waals surface area contributed by atoms with Crippen LogP contribution in [0.2, 0.25) is 10.0 Å². The molecule has 0 aliphatic rings. The standard InChI is InChI=1S/C16H16Cl2N4S/c1-9(2)5-14-12(7-19)15(20)22-16(21-14)23-8-10-3-4-11(17)6-13(10)18/h3-4,6,9H,5,8H2,1-2H3,(H2,20,21,22). The predicted octanol–water partition coefficient (Wildman–Crippen LogP) is 4.73. The topological polar surface area (TPSA) is 75.6 Å². The molecular formula is C16H16Cl2N4S. The highest BCUT2D eigenvalue weighted by atomic mass is 35.5. The molecule has 0 amide bonds. The summed E-state index contributed by atoms with van der Waals surface area (Å²) in [6.45, 7) is 4.14. The molecule has 0 aliphatic carbocycles. The molecule has 2 N–H and O–H groups in total. The molecular weight excluding hydrogens is 351 g/mol. The molecule has 1 heterocycles. The number of nitrogens with two attached hydrogens (primary N) is 1. The number of aromatic nitrogens is 2. The van der Waals surface area contributed by atoms with Crippen LogP contribution in [-0.4, -0.2) is 9.97 Å². The maximum Gasteiger partial charge on any atom is 0.190 e. The van der Waals surface area contributed by atoms with E-state index in [2.05, 4.69) is 29.9 Å². The second-order valence-electron chi connectivity index (χ2n) is 5.45. The molecule has 0 aliphatic heterocycles. The minimum atomic E-state index is 0.225. The van der Waals surface area contributed by atoms with E-state index in [1.165, 1.54) is 11.8 Å². The Morgan fingerprint density at radius 2 is 2.04 bits per heavy atom. The molecule has 1 aromatic heterocycles. The smallest absolute Gasteiger partial charge is 0.190 e. The highest BCUT2D eigenvalue weighted by Crippen LogP contribution is 2.28. The number of nitrogens with zero attached hydrogens (tertiary/aromatic N) is 3. The fourth-order valence-electron chi connectivity index (χ4n) is 2.00. The van der Waals surface area contributed by atoms with E-state index in [-0.39, 0.29) is 5.82 Å². The van der Waals surface area contributed by atoms with E-state index >= 15 is 0 Å². The van der Waals surface area contributed by atoms with Gasteiger partial charge in [-0.3, -0.25) is 0 Å². The number of anilines is 1. The SMILES string of the molecule is CC(C)Cc1nc(SCc2ccc(Cl)cc2Cl)nc(N)c1C#N. The number of halogens is 2. The van der Waals surface area contributed by atoms with Gasteiger partial charge < -0.3 is 5.73 Å². The molecule has 0 saturated carbocycles. The van der Waals surface area contributed by atoms with Crippen molar-refractivity contribution in [2.75, 3.05) is 5.73 Å². The van der Waals surface area contributed by atoms with Crippen molar-refractivity contribution in [2.24, 2.45) is 5.92 Å². The van der Waals surface area contributed by atoms with Crippen molar-refractivity contribution in [3.63, 3.8) is 0 Å². The summed E-state index contributed by atoms with van der Waals surface area (Å²) in [7, 11) is 0. The third-order valence-corrected chi connectivity index (χ3v) is 4.56. The van der Waals surface area contributed by atoms with Gasteiger partial charge in [-0.05, 0) is 30.0 Å². The lowest BCUT2D eigenvalue weighted by Gasteiger charge is -2.10. The molecule has 0 atom stereocenters. The van der Waals surface area contributed by atoms with Gasteiger partial charge in [-0.2, -0.15) is 5.26 Å². The average Bonchev–Trinajstić information content (AvgIpc) is 2.45. The summed E-state index contributed by atoms with van der Waals surface area (Å²) >= 11 is 13.5. The van der Waals surface area contributed by atoms with Crippen LogP contribution in [0.25, 0.3) is 0 Å². The Balaban J connectivity index is 2.23. The van der Waals surface area contributed by atoms with E-state index in [4.69, 9.17) is 28.9 Å². The molecule has 4 nitrogen and oxygen atoms in total. The first-order chi connectivity index (χ1) is 10.9. The van der Waals surface area contributed by atoms with E-state index in [9.17, 15) is 5.26 Å². The van der Waals surface area contributed by atoms with E-state index in [0.717, 1.165) is 5.56 Å². The highest BCUT2D eigenvalue weighted by Gasteiger charge is 2.14. The Hall–Kier alpha value is -1.48. The zero-order valence-electron chi connectivity index (χ0n) is 12.8. The van der Waals surface area contributed by atoms with E-state index < -0.39 is 0 Å². The Morgan fingerprint density at radius 1 is 1.30 bits per heavy atom. The molecule has 120 valence electrons. The van der Waals surface area contributed by atoms with Crippen LogP contribution < -0.4 is 5.73 Å². The van der Waals surface area contributed by atoms with Crippen molar-refractivity contribution in [3.8, 4) is 6.07 Å². The van der Waals surface area contributed by atoms with Gasteiger partial charge in [0.25, 0.3) is 0 Å². The predicted molar refractivity (Wildman–Crippen MR) is 95.7 cm³/mol. The second kappa shape index (κ2) is 7.87. The minimum Gasteiger partial charge on any atom is -0.382 e. The van der Waals surface area contributed by atoms with Gasteiger partial charge >= 0.3 is 0 Å². The van der Waals surface area contributed by atoms with Crippen molar-refractivity contribution in [2.45, 2.75) is 31.2 Å². The summed E-state index contributed by atoms with van der Waals surface area (Å²) in [4.78, 5) is 8.70. The van der Waals surface area contributed by atoms with Gasteiger partial charge in [-0.1, -0.05) is 54.9 Å². The number of hydrogen-bond acceptors (Lipinski definition) is 5. The van der Waals surface area contributed by atoms with Crippen LogP contribution in [0.5, 0.6) is 0 Å². The largest absolute Gasteiger partial charge is 0.382 e. The van der Waals surface area contributed by atoms with Crippen LogP contribution in [-0.2, 0) is 12.2 Å². The van der Waals surface area contributed by atoms with Gasteiger partial charge in [-0.25, -0.2) is 9.97 Å². The van der Waals surface area contributed by atoms with E-state index in [1.54, 1.807) is 12.1 Å². The molecule has 0 radical (unpaired) electrons. The summed E-state index contributed by atoms with van der Waals surface area (Å²) < 4.78 is 0. The monoisotopic (exact) mass is 366 g/mol. The second-order valence-corrected chi connectivity index (χ2v) is 7.23. The summed E-state index contributed by atoms with van der Waals surface area (Å²) in [6, 6.07) is 7.46. The number of hydrogen-bond donors (Lipinski definition) is 1. The summed E-state index contributed by atoms with van der Waals surface area (Å²) in [5, 5.41) is 11.0. The molecule has 0 saturated heterocycles. The Bertz CT molecular complexity index is 756. The quantitative estimate of drug-likeness (QED) is 0.611. The molecule has 0 spiro atoms. The molecule has 0 fully saturated rings. The molecule has 0 unspecified atom stereocenters. The van der Waals surface area contributed by atoms with Crippen LogP contribution in [0.15, 0.2) is 23.4 Å². The van der Waals surface area contributed by atoms with Crippen molar-refractivity contribution < 1.29 is 0 Å². The zero-order chi connectivity index (χ0) is 17.0. The maximum absolute atomic E-state index is 9.23. The van der Waals surface area contributed by atoms with Crippen LogP contribution in [0.4, 0.5) is 5.82 Å². The van der Waals surface area contributed by atoms with Gasteiger partial charge in [0.1, 0.15) is 17.5 Å². The van der Waals surface area contributed by atoms with Crippen LogP contribution in [0, 0.1) is 17.2 Å². The highest BCUT2D eigenvalue weighted by molar-refractivity contribution is 7.98. The first-order valence-electron chi connectivity index (χ1n) is 7.04. The van der Waals surface area contributed by atoms with Crippen molar-refractivity contribution in [3.05, 3.63) is 45.1 Å². The van der Waals surface area contributed by atoms with E-state index in [0.29, 0.717) is 44.6 Å². The normalized spacial score (nSPS) is 10.8. The van der Waals surface area contributed by atoms with Gasteiger partial charge in [-0.15, -0.1) is 0 Å². The van der Waals surface area contributed by atoms with Crippen molar-refractivity contribution in [1.82, 2.24) is 9.97 Å². The lowest BCUT2D eigenvalue weighted by molar-refractivity contribution is 0.627. The summed E-state index contributed by atoms with van der Waals surface area (Å²) in [5.74, 6) is 1.20. The van der Waals surface area contributed by atoms with Gasteiger partial charge in [0.15, 0.2) is 5.16 Å². The van der Waals surface area contributed by atoms with Crippen molar-refractivity contribution >= 4 is 40.8 Å². The van der Waals surface area contributed by atoms with Crippen LogP contribution in [0.3, 0.4) is 0 Å². The zero-order valence-corrected chi connectivity index (χ0v) is 15.1. The van der Waals surface area contributed by atoms with Crippen LogP contribution >= 0.6 is 35.0 Å². The number of rotatable bonds is 5. The maximum atomic E-state index is 9.23. The number of benzene rings is 1. The fourth-order valence-corrected chi connectivity index (χ4v) is 3.43. The minimum absolute atomic E-state index is 0.225. The van der Waals surface area contributed by atoms with Gasteiger partial charge in [0.2, 0.25) is 0 Å². The Morgan fingerprint density at radius 3 is 2.65 bits per heavy atom. The number of nitriles is 1. The summed E-state index contributed by atoms with van der Waals surface area (Å²) in [5.41, 5.74) is 7.90. The first kappa shape index (κ1) is 17.9. The van der Waals surface area contributed by atoms with E-state index in [1.807, 2.05) is 6.07 Å². The Kier molecular flexibility index (Phi) is 6.11. The lowest BCUT2D eigenvalue weighted by Crippen LogP contribution is -2.07. The summed E-state index contributed by atoms with van der Waals surface area (Å²) in [6.07, 6.45) is 0.685. The van der Waals surface area contributed by atoms with Gasteiger partial charge in [0, 0.05) is 15.8 Å². The molecule has 1 aromatic carbocycles. The van der Waals surface area contributed by atoms with Gasteiger partial charge in [0.05, 0.1) is 5.69 Å². The number of thioether (sulfide) groups is 1. The first-order valence-corrected chi connectivity index (χ1v) is 8.78. The Labute approximate surface area is 150 Å². The third-order valence-electron chi connectivity index (χ3n) is 3.08. The molecule has 2 rings (SSSR count). The molecule has 7 heteroatoms. The lowest BCUT2D eigenvalue weighted by atomic mass is 10.0. The average molecular weight is 367 g/mol. The number of nitrogen functional groups attached to an aromatic ring is 1. The van der Waals surface area contributed by atoms with Crippen LogP contribution in [0.1, 0.15) is 30.7 Å². The van der Waals surface area contributed by atoms with Crippen molar-refractivity contribution in [1.29, 1.82) is 5.26 Å². The molecule has 2 aromatic rings. The molecule has 0 bridgehead atoms. The third kappa shape index (κ3) is 4.74. The fraction of sp³-hybridized carbons (Fsp3) is 0.312. The molecule has 23 heavy (non-hydrogen) atoms.